The fourth-order valence-corrected chi connectivity index (χ4v) is 1.75. The average molecular weight is 279 g/mol. The molecule has 0 radical (unpaired) electrons. The lowest BCUT2D eigenvalue weighted by atomic mass is 10.4. The van der Waals surface area contributed by atoms with Crippen molar-refractivity contribution in [3.05, 3.63) is 33.7 Å². The summed E-state index contributed by atoms with van der Waals surface area (Å²) in [6, 6.07) is 0. The third-order valence-electron chi connectivity index (χ3n) is 2.86. The van der Waals surface area contributed by atoms with E-state index in [1.807, 2.05) is 0 Å². The molecule has 2 aromatic rings. The maximum absolute atomic E-state index is 10.9. The Balaban J connectivity index is 1.84. The third-order valence-corrected chi connectivity index (χ3v) is 2.86. The first kappa shape index (κ1) is 12.3. The van der Waals surface area contributed by atoms with Gasteiger partial charge < -0.3 is 9.63 Å². The highest BCUT2D eigenvalue weighted by Crippen LogP contribution is 2.38. The molecule has 0 amide bonds. The molecule has 1 saturated carbocycles. The summed E-state index contributed by atoms with van der Waals surface area (Å²) in [5, 5.41) is 27.0. The number of nitrogens with zero attached hydrogens (tertiary/aromatic N) is 5. The first-order valence-electron chi connectivity index (χ1n) is 5.82. The topological polar surface area (TPSA) is 137 Å². The summed E-state index contributed by atoms with van der Waals surface area (Å²) in [6.07, 6.45) is 3.06. The van der Waals surface area contributed by atoms with Gasteiger partial charge in [-0.05, 0) is 12.8 Å². The molecule has 1 aliphatic carbocycles. The van der Waals surface area contributed by atoms with E-state index < -0.39 is 22.3 Å². The molecule has 10 heteroatoms. The van der Waals surface area contributed by atoms with E-state index in [9.17, 15) is 14.9 Å². The van der Waals surface area contributed by atoms with Crippen molar-refractivity contribution >= 4 is 11.7 Å². The Morgan fingerprint density at radius 1 is 1.60 bits per heavy atom. The molecule has 20 heavy (non-hydrogen) atoms. The standard InChI is InChI=1S/C10H9N5O5/c16-10(17)8-6(15(18)19)3-14(12-8)4-7-11-9(20-13-7)5-1-2-5/h3,5H,1-2,4H2,(H,16,17). The molecule has 0 aromatic carbocycles. The quantitative estimate of drug-likeness (QED) is 0.626. The van der Waals surface area contributed by atoms with E-state index in [-0.39, 0.29) is 6.54 Å². The lowest BCUT2D eigenvalue weighted by Crippen LogP contribution is -2.05. The molecule has 104 valence electrons. The molecular formula is C10H9N5O5. The number of aromatic carboxylic acids is 1. The number of rotatable bonds is 5. The minimum absolute atomic E-state index is 0.0182. The highest BCUT2D eigenvalue weighted by molar-refractivity contribution is 5.89. The van der Waals surface area contributed by atoms with Gasteiger partial charge in [-0.1, -0.05) is 5.16 Å². The zero-order valence-electron chi connectivity index (χ0n) is 10.1. The summed E-state index contributed by atoms with van der Waals surface area (Å²) in [5.41, 5.74) is -1.18. The molecule has 3 rings (SSSR count). The fraction of sp³-hybridized carbons (Fsp3) is 0.400. The van der Waals surface area contributed by atoms with Crippen molar-refractivity contribution in [2.45, 2.75) is 25.3 Å². The van der Waals surface area contributed by atoms with Gasteiger partial charge in [0.15, 0.2) is 5.82 Å². The van der Waals surface area contributed by atoms with Gasteiger partial charge in [0.05, 0.1) is 4.92 Å². The van der Waals surface area contributed by atoms with Crippen LogP contribution in [0.2, 0.25) is 0 Å². The molecule has 0 bridgehead atoms. The SMILES string of the molecule is O=C(O)c1nn(Cc2noc(C3CC3)n2)cc1[N+](=O)[O-]. The van der Waals surface area contributed by atoms with Gasteiger partial charge in [-0.3, -0.25) is 14.8 Å². The number of hydrogen-bond donors (Lipinski definition) is 1. The Bertz CT molecular complexity index is 655. The van der Waals surface area contributed by atoms with E-state index in [1.54, 1.807) is 0 Å². The van der Waals surface area contributed by atoms with E-state index in [1.165, 1.54) is 0 Å². The van der Waals surface area contributed by atoms with Crippen LogP contribution in [0.15, 0.2) is 10.7 Å². The van der Waals surface area contributed by atoms with Gasteiger partial charge >= 0.3 is 11.7 Å². The average Bonchev–Trinajstić information content (AvgIpc) is 2.98. The Morgan fingerprint density at radius 2 is 2.35 bits per heavy atom. The molecule has 1 fully saturated rings. The Kier molecular flexibility index (Phi) is 2.70. The van der Waals surface area contributed by atoms with Crippen molar-refractivity contribution in [3.8, 4) is 0 Å². The van der Waals surface area contributed by atoms with Crippen molar-refractivity contribution in [2.75, 3.05) is 0 Å². The fourth-order valence-electron chi connectivity index (χ4n) is 1.75. The number of aromatic nitrogens is 4. The molecule has 0 spiro atoms. The second-order valence-corrected chi connectivity index (χ2v) is 4.45. The maximum atomic E-state index is 10.9. The smallest absolute Gasteiger partial charge is 0.363 e. The highest BCUT2D eigenvalue weighted by atomic mass is 16.6. The van der Waals surface area contributed by atoms with E-state index in [2.05, 4.69) is 15.2 Å². The monoisotopic (exact) mass is 279 g/mol. The summed E-state index contributed by atoms with van der Waals surface area (Å²) in [4.78, 5) is 24.9. The van der Waals surface area contributed by atoms with Crippen molar-refractivity contribution < 1.29 is 19.3 Å². The summed E-state index contributed by atoms with van der Waals surface area (Å²) >= 11 is 0. The van der Waals surface area contributed by atoms with Crippen LogP contribution in [-0.4, -0.2) is 35.9 Å². The second kappa shape index (κ2) is 4.40. The van der Waals surface area contributed by atoms with Gasteiger partial charge in [0.1, 0.15) is 12.7 Å². The molecule has 2 heterocycles. The van der Waals surface area contributed by atoms with Crippen LogP contribution in [0.4, 0.5) is 5.69 Å². The van der Waals surface area contributed by atoms with Gasteiger partial charge in [-0.15, -0.1) is 0 Å². The zero-order chi connectivity index (χ0) is 14.3. The van der Waals surface area contributed by atoms with Crippen LogP contribution in [0.5, 0.6) is 0 Å². The highest BCUT2D eigenvalue weighted by Gasteiger charge is 2.30. The molecule has 1 N–H and O–H groups in total. The van der Waals surface area contributed by atoms with Crippen LogP contribution < -0.4 is 0 Å². The molecular weight excluding hydrogens is 270 g/mol. The molecule has 0 atom stereocenters. The Hall–Kier alpha value is -2.78. The van der Waals surface area contributed by atoms with E-state index >= 15 is 0 Å². The van der Waals surface area contributed by atoms with Crippen molar-refractivity contribution in [3.63, 3.8) is 0 Å². The number of carboxylic acid groups (broad SMARTS) is 1. The third kappa shape index (κ3) is 2.22. The van der Waals surface area contributed by atoms with E-state index in [0.29, 0.717) is 17.6 Å². The minimum Gasteiger partial charge on any atom is -0.476 e. The van der Waals surface area contributed by atoms with Crippen molar-refractivity contribution in [2.24, 2.45) is 0 Å². The number of nitro groups is 1. The van der Waals surface area contributed by atoms with E-state index in [4.69, 9.17) is 9.63 Å². The van der Waals surface area contributed by atoms with Crippen LogP contribution in [0.1, 0.15) is 41.0 Å². The lowest BCUT2D eigenvalue weighted by Gasteiger charge is -1.93. The van der Waals surface area contributed by atoms with Crippen LogP contribution in [0.3, 0.4) is 0 Å². The number of carboxylic acids is 1. The predicted octanol–water partition coefficient (Wildman–Crippen LogP) is 0.798. The lowest BCUT2D eigenvalue weighted by molar-refractivity contribution is -0.385. The minimum atomic E-state index is -1.46. The number of hydrogen-bond acceptors (Lipinski definition) is 7. The summed E-state index contributed by atoms with van der Waals surface area (Å²) in [6.45, 7) is 0.0182. The van der Waals surface area contributed by atoms with Crippen LogP contribution in [-0.2, 0) is 6.54 Å². The molecule has 0 saturated heterocycles. The first-order valence-corrected chi connectivity index (χ1v) is 5.82. The van der Waals surface area contributed by atoms with Gasteiger partial charge in [0, 0.05) is 5.92 Å². The van der Waals surface area contributed by atoms with Crippen LogP contribution >= 0.6 is 0 Å². The molecule has 2 aromatic heterocycles. The Morgan fingerprint density at radius 3 is 2.90 bits per heavy atom. The second-order valence-electron chi connectivity index (χ2n) is 4.45. The predicted molar refractivity (Wildman–Crippen MR) is 61.2 cm³/mol. The van der Waals surface area contributed by atoms with Crippen LogP contribution in [0, 0.1) is 10.1 Å². The largest absolute Gasteiger partial charge is 0.476 e. The van der Waals surface area contributed by atoms with Crippen molar-refractivity contribution in [1.29, 1.82) is 0 Å². The molecule has 0 aliphatic heterocycles. The first-order chi connectivity index (χ1) is 9.54. The summed E-state index contributed by atoms with van der Waals surface area (Å²) < 4.78 is 6.15. The summed E-state index contributed by atoms with van der Waals surface area (Å²) in [5.74, 6) is -0.304. The van der Waals surface area contributed by atoms with Crippen LogP contribution in [0.25, 0.3) is 0 Å². The van der Waals surface area contributed by atoms with Gasteiger partial charge in [0.2, 0.25) is 11.6 Å². The van der Waals surface area contributed by atoms with E-state index in [0.717, 1.165) is 23.7 Å². The zero-order valence-corrected chi connectivity index (χ0v) is 10.1. The van der Waals surface area contributed by atoms with Gasteiger partial charge in [0.25, 0.3) is 0 Å². The summed E-state index contributed by atoms with van der Waals surface area (Å²) in [7, 11) is 0. The molecule has 10 nitrogen and oxygen atoms in total. The normalized spacial score (nSPS) is 14.4. The molecule has 0 unspecified atom stereocenters. The Labute approximate surface area is 111 Å². The molecule has 1 aliphatic rings. The maximum Gasteiger partial charge on any atom is 0.363 e. The number of carbonyl (C=O) groups is 1. The van der Waals surface area contributed by atoms with Gasteiger partial charge in [-0.2, -0.15) is 10.1 Å². The van der Waals surface area contributed by atoms with Gasteiger partial charge in [-0.25, -0.2) is 4.79 Å². The van der Waals surface area contributed by atoms with Crippen molar-refractivity contribution in [1.82, 2.24) is 19.9 Å².